The van der Waals surface area contributed by atoms with Gasteiger partial charge in [-0.25, -0.2) is 9.99 Å². The Morgan fingerprint density at radius 2 is 2.43 bits per heavy atom. The Hall–Kier alpha value is -1.69. The number of carbonyl (C=O) groups excluding carboxylic acids is 1. The van der Waals surface area contributed by atoms with Crippen LogP contribution < -0.4 is 10.7 Å². The van der Waals surface area contributed by atoms with Gasteiger partial charge in [0.05, 0.1) is 12.7 Å². The van der Waals surface area contributed by atoms with Crippen molar-refractivity contribution in [2.75, 3.05) is 25.1 Å². The van der Waals surface area contributed by atoms with Gasteiger partial charge in [-0.1, -0.05) is 0 Å². The molecule has 6 nitrogen and oxygen atoms in total. The molecule has 2 heterocycles. The third-order valence-electron chi connectivity index (χ3n) is 1.87. The maximum absolute atomic E-state index is 11.0. The van der Waals surface area contributed by atoms with Gasteiger partial charge in [0.15, 0.2) is 5.82 Å². The quantitative estimate of drug-likeness (QED) is 0.645. The topological polar surface area (TPSA) is 70.2 Å². The highest BCUT2D eigenvalue weighted by atomic mass is 16.2. The fourth-order valence-electron chi connectivity index (χ4n) is 1.25. The highest BCUT2D eigenvalue weighted by Crippen LogP contribution is 2.00. The second kappa shape index (κ2) is 4.01. The smallest absolute Gasteiger partial charge is 0.236 e. The zero-order valence-corrected chi connectivity index (χ0v) is 7.60. The van der Waals surface area contributed by atoms with Crippen molar-refractivity contribution in [2.24, 2.45) is 0 Å². The summed E-state index contributed by atoms with van der Waals surface area (Å²) in [5, 5.41) is 4.55. The lowest BCUT2D eigenvalue weighted by molar-refractivity contribution is -0.123. The van der Waals surface area contributed by atoms with E-state index in [1.165, 1.54) is 0 Å². The first-order valence-corrected chi connectivity index (χ1v) is 4.39. The molecule has 0 aromatic carbocycles. The van der Waals surface area contributed by atoms with Crippen LogP contribution in [0.25, 0.3) is 0 Å². The van der Waals surface area contributed by atoms with Crippen LogP contribution in [0, 0.1) is 0 Å². The lowest BCUT2D eigenvalue weighted by Crippen LogP contribution is -2.49. The molecule has 1 saturated heterocycles. The number of nitrogens with zero attached hydrogens (tertiary/aromatic N) is 3. The predicted octanol–water partition coefficient (Wildman–Crippen LogP) is -0.765. The lowest BCUT2D eigenvalue weighted by atomic mass is 10.4. The monoisotopic (exact) mass is 193 g/mol. The molecule has 74 valence electrons. The number of hydrogen-bond donors (Lipinski definition) is 2. The molecule has 1 aromatic heterocycles. The highest BCUT2D eigenvalue weighted by Gasteiger charge is 2.15. The molecule has 0 atom stereocenters. The first-order valence-electron chi connectivity index (χ1n) is 4.39. The molecule has 0 spiro atoms. The van der Waals surface area contributed by atoms with Crippen molar-refractivity contribution in [2.45, 2.75) is 0 Å². The number of rotatable bonds is 2. The van der Waals surface area contributed by atoms with Gasteiger partial charge in [-0.15, -0.1) is 0 Å². The van der Waals surface area contributed by atoms with E-state index < -0.39 is 0 Å². The molecule has 2 rings (SSSR count). The predicted molar refractivity (Wildman–Crippen MR) is 50.2 cm³/mol. The highest BCUT2D eigenvalue weighted by molar-refractivity contribution is 5.78. The molecule has 0 radical (unpaired) electrons. The summed E-state index contributed by atoms with van der Waals surface area (Å²) in [5.74, 6) is 0.676. The van der Waals surface area contributed by atoms with Crippen molar-refractivity contribution in [1.29, 1.82) is 0 Å². The minimum Gasteiger partial charge on any atom is -0.354 e. The van der Waals surface area contributed by atoms with Crippen molar-refractivity contribution in [1.82, 2.24) is 20.3 Å². The Labute approximate surface area is 81.3 Å². The summed E-state index contributed by atoms with van der Waals surface area (Å²) in [7, 11) is 0. The third-order valence-corrected chi connectivity index (χ3v) is 1.87. The Bertz CT molecular complexity index is 315. The van der Waals surface area contributed by atoms with Crippen molar-refractivity contribution in [3.05, 3.63) is 18.6 Å². The molecule has 1 amide bonds. The van der Waals surface area contributed by atoms with Gasteiger partial charge in [0.25, 0.3) is 0 Å². The Morgan fingerprint density at radius 3 is 3.14 bits per heavy atom. The van der Waals surface area contributed by atoms with E-state index in [9.17, 15) is 4.79 Å². The van der Waals surface area contributed by atoms with Crippen molar-refractivity contribution < 1.29 is 4.79 Å². The second-order valence-electron chi connectivity index (χ2n) is 2.97. The molecule has 1 aliphatic rings. The maximum Gasteiger partial charge on any atom is 0.236 e. The minimum atomic E-state index is 0.0210. The summed E-state index contributed by atoms with van der Waals surface area (Å²) in [6.07, 6.45) is 4.83. The Morgan fingerprint density at radius 1 is 1.50 bits per heavy atom. The number of amides is 1. The van der Waals surface area contributed by atoms with Crippen LogP contribution in [0.3, 0.4) is 0 Å². The molecule has 2 N–H and O–H groups in total. The van der Waals surface area contributed by atoms with Gasteiger partial charge >= 0.3 is 0 Å². The molecule has 0 saturated carbocycles. The van der Waals surface area contributed by atoms with Crippen LogP contribution >= 0.6 is 0 Å². The van der Waals surface area contributed by atoms with Gasteiger partial charge in [0.2, 0.25) is 5.91 Å². The van der Waals surface area contributed by atoms with Crippen molar-refractivity contribution in [3.8, 4) is 0 Å². The fourth-order valence-corrected chi connectivity index (χ4v) is 1.25. The van der Waals surface area contributed by atoms with Crippen LogP contribution in [0.2, 0.25) is 0 Å². The number of anilines is 1. The van der Waals surface area contributed by atoms with Gasteiger partial charge in [0, 0.05) is 25.5 Å². The number of aromatic nitrogens is 2. The van der Waals surface area contributed by atoms with Gasteiger partial charge in [-0.2, -0.15) is 0 Å². The molecular formula is C8H11N5O. The fraction of sp³-hybridized carbons (Fsp3) is 0.375. The van der Waals surface area contributed by atoms with Crippen molar-refractivity contribution in [3.63, 3.8) is 0 Å². The number of hydrazine groups is 1. The molecule has 1 aliphatic heterocycles. The summed E-state index contributed by atoms with van der Waals surface area (Å²) in [6.45, 7) is 1.77. The van der Waals surface area contributed by atoms with Crippen LogP contribution in [0.15, 0.2) is 18.6 Å². The first-order chi connectivity index (χ1) is 6.84. The standard InChI is InChI=1S/C8H11N5O/c14-8-6-13(4-3-11-8)12-7-5-9-1-2-10-7/h1-2,5H,3-4,6H2,(H,10,12)(H,11,14). The van der Waals surface area contributed by atoms with E-state index in [4.69, 9.17) is 0 Å². The van der Waals surface area contributed by atoms with E-state index in [1.807, 2.05) is 5.01 Å². The average molecular weight is 193 g/mol. The minimum absolute atomic E-state index is 0.0210. The van der Waals surface area contributed by atoms with Gasteiger partial charge < -0.3 is 10.7 Å². The number of piperazine rings is 1. The van der Waals surface area contributed by atoms with E-state index in [-0.39, 0.29) is 5.91 Å². The molecule has 0 unspecified atom stereocenters. The SMILES string of the molecule is O=C1CN(Nc2cnccn2)CCN1. The van der Waals surface area contributed by atoms with Gasteiger partial charge in [0.1, 0.15) is 0 Å². The average Bonchev–Trinajstić information content (AvgIpc) is 2.19. The molecule has 1 fully saturated rings. The lowest BCUT2D eigenvalue weighted by Gasteiger charge is -2.26. The van der Waals surface area contributed by atoms with Crippen molar-refractivity contribution >= 4 is 11.7 Å². The normalized spacial score (nSPS) is 17.6. The number of hydrogen-bond acceptors (Lipinski definition) is 5. The first kappa shape index (κ1) is 8.89. The van der Waals surface area contributed by atoms with E-state index in [0.717, 1.165) is 6.54 Å². The molecule has 1 aromatic rings. The largest absolute Gasteiger partial charge is 0.354 e. The van der Waals surface area contributed by atoms with Crippen LogP contribution in [0.1, 0.15) is 0 Å². The van der Waals surface area contributed by atoms with E-state index in [2.05, 4.69) is 20.7 Å². The Kier molecular flexibility index (Phi) is 2.55. The molecule has 14 heavy (non-hydrogen) atoms. The van der Waals surface area contributed by atoms with E-state index in [1.54, 1.807) is 18.6 Å². The van der Waals surface area contributed by atoms with E-state index in [0.29, 0.717) is 18.9 Å². The summed E-state index contributed by atoms with van der Waals surface area (Å²) in [4.78, 5) is 19.0. The Balaban J connectivity index is 1.94. The number of nitrogens with one attached hydrogen (secondary N) is 2. The van der Waals surface area contributed by atoms with Crippen LogP contribution in [0.5, 0.6) is 0 Å². The molecular weight excluding hydrogens is 182 g/mol. The maximum atomic E-state index is 11.0. The molecule has 6 heteroatoms. The van der Waals surface area contributed by atoms with Crippen LogP contribution in [-0.2, 0) is 4.79 Å². The summed E-state index contributed by atoms with van der Waals surface area (Å²) in [6, 6.07) is 0. The zero-order valence-electron chi connectivity index (χ0n) is 7.60. The van der Waals surface area contributed by atoms with Crippen LogP contribution in [-0.4, -0.2) is 40.5 Å². The van der Waals surface area contributed by atoms with Gasteiger partial charge in [-0.3, -0.25) is 9.78 Å². The summed E-state index contributed by atoms with van der Waals surface area (Å²) in [5.41, 5.74) is 3.01. The molecule has 0 aliphatic carbocycles. The second-order valence-corrected chi connectivity index (χ2v) is 2.97. The summed E-state index contributed by atoms with van der Waals surface area (Å²) < 4.78 is 0. The van der Waals surface area contributed by atoms with Gasteiger partial charge in [-0.05, 0) is 0 Å². The number of carbonyl (C=O) groups is 1. The summed E-state index contributed by atoms with van der Waals surface area (Å²) >= 11 is 0. The third kappa shape index (κ3) is 2.17. The molecule has 0 bridgehead atoms. The van der Waals surface area contributed by atoms with Crippen LogP contribution in [0.4, 0.5) is 5.82 Å². The van der Waals surface area contributed by atoms with E-state index >= 15 is 0 Å². The zero-order chi connectivity index (χ0) is 9.80.